The van der Waals surface area contributed by atoms with Gasteiger partial charge in [-0.25, -0.2) is 4.39 Å². The van der Waals surface area contributed by atoms with E-state index >= 15 is 0 Å². The van der Waals surface area contributed by atoms with E-state index in [9.17, 15) is 23.9 Å². The summed E-state index contributed by atoms with van der Waals surface area (Å²) in [5.41, 5.74) is -0.988. The van der Waals surface area contributed by atoms with Crippen molar-refractivity contribution in [3.8, 4) is 0 Å². The largest absolute Gasteiger partial charge is 0.481 e. The van der Waals surface area contributed by atoms with Gasteiger partial charge in [0.2, 0.25) is 5.91 Å². The maximum Gasteiger partial charge on any atom is 0.311 e. The Balaban J connectivity index is 2.90. The van der Waals surface area contributed by atoms with Crippen molar-refractivity contribution in [1.82, 2.24) is 5.32 Å². The molecule has 1 aromatic carbocycles. The van der Waals surface area contributed by atoms with Gasteiger partial charge < -0.3 is 15.7 Å². The molecule has 0 heterocycles. The van der Waals surface area contributed by atoms with Crippen LogP contribution < -0.4 is 10.6 Å². The number of carbonyl (C=O) groups is 3. The summed E-state index contributed by atoms with van der Waals surface area (Å²) in [5, 5.41) is 14.2. The standard InChI is InChI=1S/C16H21FN2O4/c1-4-16(5-2,15(22)23)9-18-14(21)11-6-7-12(17)13(8-11)19-10(3)20/h6-8H,4-5,9H2,1-3H3,(H,18,21)(H,19,20)(H,22,23). The summed E-state index contributed by atoms with van der Waals surface area (Å²) < 4.78 is 13.6. The smallest absolute Gasteiger partial charge is 0.311 e. The third-order valence-electron chi connectivity index (χ3n) is 3.93. The molecular weight excluding hydrogens is 303 g/mol. The second kappa shape index (κ2) is 7.71. The Hall–Kier alpha value is -2.44. The van der Waals surface area contributed by atoms with Gasteiger partial charge in [-0.15, -0.1) is 0 Å². The molecule has 0 aliphatic heterocycles. The minimum atomic E-state index is -1.03. The number of anilines is 1. The molecule has 0 fully saturated rings. The number of halogens is 1. The first-order valence-electron chi connectivity index (χ1n) is 7.34. The molecule has 1 rings (SSSR count). The van der Waals surface area contributed by atoms with Crippen molar-refractivity contribution >= 4 is 23.5 Å². The first-order valence-corrected chi connectivity index (χ1v) is 7.34. The molecule has 0 bridgehead atoms. The highest BCUT2D eigenvalue weighted by Gasteiger charge is 2.35. The third kappa shape index (κ3) is 4.51. The second-order valence-electron chi connectivity index (χ2n) is 5.35. The first-order chi connectivity index (χ1) is 10.8. The predicted octanol–water partition coefficient (Wildman–Crippen LogP) is 2.40. The average molecular weight is 324 g/mol. The van der Waals surface area contributed by atoms with E-state index in [4.69, 9.17) is 0 Å². The van der Waals surface area contributed by atoms with Crippen LogP contribution in [-0.4, -0.2) is 29.4 Å². The molecule has 0 aliphatic carbocycles. The van der Waals surface area contributed by atoms with Gasteiger partial charge in [0, 0.05) is 19.0 Å². The Morgan fingerprint density at radius 3 is 2.30 bits per heavy atom. The highest BCUT2D eigenvalue weighted by Crippen LogP contribution is 2.26. The summed E-state index contributed by atoms with van der Waals surface area (Å²) in [6.07, 6.45) is 0.749. The van der Waals surface area contributed by atoms with E-state index in [1.54, 1.807) is 13.8 Å². The maximum atomic E-state index is 13.6. The molecule has 0 aliphatic rings. The van der Waals surface area contributed by atoms with Crippen LogP contribution >= 0.6 is 0 Å². The fourth-order valence-corrected chi connectivity index (χ4v) is 2.18. The Morgan fingerprint density at radius 1 is 1.22 bits per heavy atom. The van der Waals surface area contributed by atoms with Gasteiger partial charge in [-0.05, 0) is 31.0 Å². The van der Waals surface area contributed by atoms with Gasteiger partial charge in [-0.3, -0.25) is 14.4 Å². The molecule has 0 saturated carbocycles. The number of carbonyl (C=O) groups excluding carboxylic acids is 2. The number of amides is 2. The van der Waals surface area contributed by atoms with Crippen molar-refractivity contribution in [3.63, 3.8) is 0 Å². The van der Waals surface area contributed by atoms with E-state index in [-0.39, 0.29) is 17.8 Å². The zero-order valence-corrected chi connectivity index (χ0v) is 13.4. The van der Waals surface area contributed by atoms with Crippen molar-refractivity contribution in [3.05, 3.63) is 29.6 Å². The zero-order valence-electron chi connectivity index (χ0n) is 13.4. The number of rotatable bonds is 7. The Kier molecular flexibility index (Phi) is 6.24. The van der Waals surface area contributed by atoms with Crippen LogP contribution in [-0.2, 0) is 9.59 Å². The van der Waals surface area contributed by atoms with Crippen LogP contribution in [0, 0.1) is 11.2 Å². The van der Waals surface area contributed by atoms with Crippen LogP contribution in [0.2, 0.25) is 0 Å². The van der Waals surface area contributed by atoms with Crippen LogP contribution in [0.1, 0.15) is 44.0 Å². The maximum absolute atomic E-state index is 13.6. The lowest BCUT2D eigenvalue weighted by molar-refractivity contribution is -0.149. The van der Waals surface area contributed by atoms with Crippen LogP contribution in [0.15, 0.2) is 18.2 Å². The van der Waals surface area contributed by atoms with Gasteiger partial charge in [0.25, 0.3) is 5.91 Å². The van der Waals surface area contributed by atoms with Gasteiger partial charge in [0.1, 0.15) is 5.82 Å². The molecule has 0 spiro atoms. The van der Waals surface area contributed by atoms with Crippen molar-refractivity contribution < 1.29 is 23.9 Å². The van der Waals surface area contributed by atoms with E-state index in [1.165, 1.54) is 19.1 Å². The van der Waals surface area contributed by atoms with Gasteiger partial charge >= 0.3 is 5.97 Å². The van der Waals surface area contributed by atoms with Crippen LogP contribution in [0.3, 0.4) is 0 Å². The van der Waals surface area contributed by atoms with Crippen molar-refractivity contribution in [1.29, 1.82) is 0 Å². The van der Waals surface area contributed by atoms with Crippen molar-refractivity contribution in [2.75, 3.05) is 11.9 Å². The van der Waals surface area contributed by atoms with Gasteiger partial charge in [0.05, 0.1) is 11.1 Å². The summed E-state index contributed by atoms with van der Waals surface area (Å²) in [4.78, 5) is 34.6. The monoisotopic (exact) mass is 324 g/mol. The summed E-state index contributed by atoms with van der Waals surface area (Å²) in [7, 11) is 0. The van der Waals surface area contributed by atoms with E-state index in [2.05, 4.69) is 10.6 Å². The molecule has 23 heavy (non-hydrogen) atoms. The molecule has 0 saturated heterocycles. The SMILES string of the molecule is CCC(CC)(CNC(=O)c1ccc(F)c(NC(C)=O)c1)C(=O)O. The summed E-state index contributed by atoms with van der Waals surface area (Å²) >= 11 is 0. The molecule has 0 radical (unpaired) electrons. The summed E-state index contributed by atoms with van der Waals surface area (Å²) in [6.45, 7) is 4.70. The van der Waals surface area contributed by atoms with Gasteiger partial charge in [0.15, 0.2) is 0 Å². The van der Waals surface area contributed by atoms with Gasteiger partial charge in [-0.1, -0.05) is 13.8 Å². The summed E-state index contributed by atoms with van der Waals surface area (Å²) in [5.74, 6) is -2.60. The van der Waals surface area contributed by atoms with Gasteiger partial charge in [-0.2, -0.15) is 0 Å². The molecule has 6 nitrogen and oxygen atoms in total. The first kappa shape index (κ1) is 18.6. The summed E-state index contributed by atoms with van der Waals surface area (Å²) in [6, 6.07) is 3.56. The Labute approximate surface area is 134 Å². The number of hydrogen-bond donors (Lipinski definition) is 3. The number of benzene rings is 1. The van der Waals surface area contributed by atoms with Crippen LogP contribution in [0.5, 0.6) is 0 Å². The van der Waals surface area contributed by atoms with Crippen molar-refractivity contribution in [2.24, 2.45) is 5.41 Å². The molecule has 126 valence electrons. The average Bonchev–Trinajstić information content (AvgIpc) is 2.50. The lowest BCUT2D eigenvalue weighted by Gasteiger charge is -2.26. The van der Waals surface area contributed by atoms with Crippen LogP contribution in [0.4, 0.5) is 10.1 Å². The van der Waals surface area contributed by atoms with E-state index < -0.39 is 29.0 Å². The minimum absolute atomic E-state index is 0.0268. The number of carboxylic acid groups (broad SMARTS) is 1. The molecule has 1 aromatic rings. The van der Waals surface area contributed by atoms with Crippen LogP contribution in [0.25, 0.3) is 0 Å². The lowest BCUT2D eigenvalue weighted by atomic mass is 9.82. The predicted molar refractivity (Wildman–Crippen MR) is 83.7 cm³/mol. The Bertz CT molecular complexity index is 612. The molecule has 7 heteroatoms. The van der Waals surface area contributed by atoms with E-state index in [1.807, 2.05) is 0 Å². The van der Waals surface area contributed by atoms with E-state index in [0.29, 0.717) is 12.8 Å². The number of aliphatic carboxylic acids is 1. The fraction of sp³-hybridized carbons (Fsp3) is 0.438. The zero-order chi connectivity index (χ0) is 17.6. The van der Waals surface area contributed by atoms with E-state index in [0.717, 1.165) is 6.07 Å². The Morgan fingerprint density at radius 2 is 1.83 bits per heavy atom. The number of nitrogens with one attached hydrogen (secondary N) is 2. The number of carboxylic acids is 1. The quantitative estimate of drug-likeness (QED) is 0.717. The second-order valence-corrected chi connectivity index (χ2v) is 5.35. The van der Waals surface area contributed by atoms with Crippen molar-refractivity contribution in [2.45, 2.75) is 33.6 Å². The minimum Gasteiger partial charge on any atom is -0.481 e. The number of hydrogen-bond acceptors (Lipinski definition) is 3. The topological polar surface area (TPSA) is 95.5 Å². The molecule has 3 N–H and O–H groups in total. The molecule has 0 atom stereocenters. The molecule has 2 amide bonds. The fourth-order valence-electron chi connectivity index (χ4n) is 2.18. The molecule has 0 aromatic heterocycles. The molecule has 0 unspecified atom stereocenters. The highest BCUT2D eigenvalue weighted by molar-refractivity contribution is 5.97. The third-order valence-corrected chi connectivity index (χ3v) is 3.93. The highest BCUT2D eigenvalue weighted by atomic mass is 19.1. The normalized spacial score (nSPS) is 11.0. The lowest BCUT2D eigenvalue weighted by Crippen LogP contribution is -2.42. The molecular formula is C16H21FN2O4.